The van der Waals surface area contributed by atoms with Crippen LogP contribution in [0.25, 0.3) is 0 Å². The van der Waals surface area contributed by atoms with Gasteiger partial charge in [-0.05, 0) is 13.8 Å². The van der Waals surface area contributed by atoms with Crippen LogP contribution in [0.4, 0.5) is 0 Å². The fourth-order valence-corrected chi connectivity index (χ4v) is 1.12. The molecule has 3 heteroatoms. The first kappa shape index (κ1) is 12.1. The van der Waals surface area contributed by atoms with Crippen LogP contribution in [0.15, 0.2) is 0 Å². The number of carbonyl (C=O) groups is 2. The summed E-state index contributed by atoms with van der Waals surface area (Å²) in [6.45, 7) is 8.86. The van der Waals surface area contributed by atoms with Crippen LogP contribution in [-0.2, 0) is 9.59 Å². The van der Waals surface area contributed by atoms with Gasteiger partial charge >= 0.3 is 0 Å². The summed E-state index contributed by atoms with van der Waals surface area (Å²) >= 11 is 0. The molecule has 0 rings (SSSR count). The molecule has 0 aliphatic carbocycles. The Hall–Kier alpha value is -0.860. The lowest BCUT2D eigenvalue weighted by Gasteiger charge is -2.23. The molecule has 0 radical (unpaired) electrons. The van der Waals surface area contributed by atoms with Gasteiger partial charge in [0.25, 0.3) is 0 Å². The lowest BCUT2D eigenvalue weighted by molar-refractivity contribution is -0.135. The molecular weight excluding hydrogens is 166 g/mol. The van der Waals surface area contributed by atoms with Crippen molar-refractivity contribution in [3.05, 3.63) is 0 Å². The molecule has 0 aliphatic heterocycles. The van der Waals surface area contributed by atoms with Crippen molar-refractivity contribution in [3.8, 4) is 0 Å². The fourth-order valence-electron chi connectivity index (χ4n) is 1.12. The second kappa shape index (κ2) is 5.00. The van der Waals surface area contributed by atoms with Gasteiger partial charge in [-0.1, -0.05) is 13.8 Å². The maximum atomic E-state index is 11.5. The minimum Gasteiger partial charge on any atom is -0.343 e. The smallest absolute Gasteiger partial charge is 0.223 e. The van der Waals surface area contributed by atoms with E-state index in [2.05, 4.69) is 0 Å². The average molecular weight is 185 g/mol. The third kappa shape index (κ3) is 4.06. The Bertz CT molecular complexity index is 183. The highest BCUT2D eigenvalue weighted by molar-refractivity contribution is 5.80. The van der Waals surface area contributed by atoms with Crippen LogP contribution in [0.5, 0.6) is 0 Å². The van der Waals surface area contributed by atoms with Crippen LogP contribution in [0, 0.1) is 5.41 Å². The van der Waals surface area contributed by atoms with Crippen LogP contribution in [0.3, 0.4) is 0 Å². The first-order valence-electron chi connectivity index (χ1n) is 4.71. The first-order valence-corrected chi connectivity index (χ1v) is 4.71. The van der Waals surface area contributed by atoms with Crippen LogP contribution in [-0.4, -0.2) is 30.2 Å². The monoisotopic (exact) mass is 185 g/mol. The molecule has 0 bridgehead atoms. The van der Waals surface area contributed by atoms with E-state index in [-0.39, 0.29) is 5.91 Å². The zero-order valence-electron chi connectivity index (χ0n) is 8.96. The zero-order chi connectivity index (χ0) is 10.5. The summed E-state index contributed by atoms with van der Waals surface area (Å²) in [5, 5.41) is 0. The van der Waals surface area contributed by atoms with E-state index in [1.807, 2.05) is 13.8 Å². The molecule has 0 aromatic rings. The summed E-state index contributed by atoms with van der Waals surface area (Å²) in [4.78, 5) is 23.9. The molecule has 0 heterocycles. The van der Waals surface area contributed by atoms with Crippen molar-refractivity contribution >= 4 is 12.2 Å². The lowest BCUT2D eigenvalue weighted by Crippen LogP contribution is -2.34. The fraction of sp³-hybridized carbons (Fsp3) is 0.800. The predicted octanol–water partition coefficient (Wildman–Crippen LogP) is 1.47. The molecule has 0 unspecified atom stereocenters. The SMILES string of the molecule is CCN(CC)C(=O)CC(C)(C)C=O. The van der Waals surface area contributed by atoms with Crippen molar-refractivity contribution in [3.63, 3.8) is 0 Å². The first-order chi connectivity index (χ1) is 5.96. The molecule has 0 aromatic carbocycles. The van der Waals surface area contributed by atoms with Crippen molar-refractivity contribution in [2.24, 2.45) is 5.41 Å². The number of carbonyl (C=O) groups excluding carboxylic acids is 2. The second-order valence-electron chi connectivity index (χ2n) is 3.85. The van der Waals surface area contributed by atoms with Gasteiger partial charge in [-0.25, -0.2) is 0 Å². The van der Waals surface area contributed by atoms with E-state index >= 15 is 0 Å². The van der Waals surface area contributed by atoms with Gasteiger partial charge < -0.3 is 9.69 Å². The topological polar surface area (TPSA) is 37.4 Å². The van der Waals surface area contributed by atoms with E-state index in [1.165, 1.54) is 0 Å². The second-order valence-corrected chi connectivity index (χ2v) is 3.85. The van der Waals surface area contributed by atoms with Gasteiger partial charge in [-0.15, -0.1) is 0 Å². The summed E-state index contributed by atoms with van der Waals surface area (Å²) in [6.07, 6.45) is 1.15. The Balaban J connectivity index is 4.20. The van der Waals surface area contributed by atoms with Crippen molar-refractivity contribution in [2.75, 3.05) is 13.1 Å². The van der Waals surface area contributed by atoms with E-state index in [0.29, 0.717) is 19.5 Å². The molecule has 0 saturated carbocycles. The molecule has 0 N–H and O–H groups in total. The van der Waals surface area contributed by atoms with Gasteiger partial charge in [0.05, 0.1) is 0 Å². The third-order valence-electron chi connectivity index (χ3n) is 2.04. The Labute approximate surface area is 80.1 Å². The largest absolute Gasteiger partial charge is 0.343 e. The van der Waals surface area contributed by atoms with E-state index < -0.39 is 5.41 Å². The highest BCUT2D eigenvalue weighted by Crippen LogP contribution is 2.17. The molecule has 13 heavy (non-hydrogen) atoms. The van der Waals surface area contributed by atoms with Crippen LogP contribution < -0.4 is 0 Å². The standard InChI is InChI=1S/C10H19NO2/c1-5-11(6-2)9(13)7-10(3,4)8-12/h8H,5-7H2,1-4H3. The minimum atomic E-state index is -0.528. The van der Waals surface area contributed by atoms with Gasteiger partial charge in [-0.2, -0.15) is 0 Å². The van der Waals surface area contributed by atoms with Crippen LogP contribution in [0.1, 0.15) is 34.1 Å². The molecule has 0 aliphatic rings. The highest BCUT2D eigenvalue weighted by atomic mass is 16.2. The quantitative estimate of drug-likeness (QED) is 0.608. The van der Waals surface area contributed by atoms with Gasteiger partial charge in [0.1, 0.15) is 6.29 Å². The molecule has 0 saturated heterocycles. The Morgan fingerprint density at radius 2 is 1.77 bits per heavy atom. The van der Waals surface area contributed by atoms with Crippen molar-refractivity contribution in [2.45, 2.75) is 34.1 Å². The number of aldehydes is 1. The molecule has 0 atom stereocenters. The summed E-state index contributed by atoms with van der Waals surface area (Å²) in [5.41, 5.74) is -0.528. The molecule has 0 aromatic heterocycles. The number of hydrogen-bond donors (Lipinski definition) is 0. The average Bonchev–Trinajstić information content (AvgIpc) is 2.06. The summed E-state index contributed by atoms with van der Waals surface area (Å²) < 4.78 is 0. The summed E-state index contributed by atoms with van der Waals surface area (Å²) in [5.74, 6) is 0.0575. The minimum absolute atomic E-state index is 0.0575. The molecule has 0 fully saturated rings. The third-order valence-corrected chi connectivity index (χ3v) is 2.04. The lowest BCUT2D eigenvalue weighted by atomic mass is 9.91. The Morgan fingerprint density at radius 3 is 2.08 bits per heavy atom. The number of rotatable bonds is 5. The Kier molecular flexibility index (Phi) is 4.67. The molecular formula is C10H19NO2. The van der Waals surface area contributed by atoms with E-state index in [9.17, 15) is 9.59 Å². The summed E-state index contributed by atoms with van der Waals surface area (Å²) in [6, 6.07) is 0. The number of hydrogen-bond acceptors (Lipinski definition) is 2. The maximum absolute atomic E-state index is 11.5. The summed E-state index contributed by atoms with van der Waals surface area (Å²) in [7, 11) is 0. The Morgan fingerprint density at radius 1 is 1.31 bits per heavy atom. The maximum Gasteiger partial charge on any atom is 0.223 e. The molecule has 1 amide bonds. The van der Waals surface area contributed by atoms with Gasteiger partial charge in [0.2, 0.25) is 5.91 Å². The number of amides is 1. The van der Waals surface area contributed by atoms with E-state index in [4.69, 9.17) is 0 Å². The molecule has 3 nitrogen and oxygen atoms in total. The van der Waals surface area contributed by atoms with Gasteiger partial charge in [-0.3, -0.25) is 4.79 Å². The van der Waals surface area contributed by atoms with E-state index in [0.717, 1.165) is 6.29 Å². The van der Waals surface area contributed by atoms with Crippen molar-refractivity contribution < 1.29 is 9.59 Å². The zero-order valence-corrected chi connectivity index (χ0v) is 8.96. The molecule has 76 valence electrons. The highest BCUT2D eigenvalue weighted by Gasteiger charge is 2.23. The predicted molar refractivity (Wildman–Crippen MR) is 52.4 cm³/mol. The molecule has 0 spiro atoms. The van der Waals surface area contributed by atoms with Gasteiger partial charge in [0, 0.05) is 24.9 Å². The van der Waals surface area contributed by atoms with Crippen LogP contribution in [0.2, 0.25) is 0 Å². The van der Waals surface area contributed by atoms with Crippen molar-refractivity contribution in [1.29, 1.82) is 0 Å². The van der Waals surface area contributed by atoms with E-state index in [1.54, 1.807) is 18.7 Å². The van der Waals surface area contributed by atoms with Crippen LogP contribution >= 0.6 is 0 Å². The van der Waals surface area contributed by atoms with Crippen molar-refractivity contribution in [1.82, 2.24) is 4.90 Å². The van der Waals surface area contributed by atoms with Gasteiger partial charge in [0.15, 0.2) is 0 Å². The normalized spacial score (nSPS) is 11.1. The number of nitrogens with zero attached hydrogens (tertiary/aromatic N) is 1.